The first-order valence-electron chi connectivity index (χ1n) is 9.70. The molecule has 4 rings (SSSR count). The van der Waals surface area contributed by atoms with Crippen molar-refractivity contribution in [3.05, 3.63) is 60.3 Å². The van der Waals surface area contributed by atoms with Gasteiger partial charge in [-0.25, -0.2) is 4.39 Å². The largest absolute Gasteiger partial charge is 0.453 e. The predicted octanol–water partition coefficient (Wildman–Crippen LogP) is 5.40. The van der Waals surface area contributed by atoms with Gasteiger partial charge in [0.05, 0.1) is 23.0 Å². The quantitative estimate of drug-likeness (QED) is 0.395. The zero-order valence-electron chi connectivity index (χ0n) is 16.5. The predicted molar refractivity (Wildman–Crippen MR) is 115 cm³/mol. The lowest BCUT2D eigenvalue weighted by atomic mass is 10.2. The number of hydrogen-bond acceptors (Lipinski definition) is 5. The van der Waals surface area contributed by atoms with Gasteiger partial charge in [0.15, 0.2) is 11.6 Å². The molecule has 4 aromatic rings. The molecule has 7 heteroatoms. The first-order chi connectivity index (χ1) is 14.1. The Kier molecular flexibility index (Phi) is 5.87. The van der Waals surface area contributed by atoms with Gasteiger partial charge in [0.1, 0.15) is 5.75 Å². The van der Waals surface area contributed by atoms with E-state index in [4.69, 9.17) is 4.74 Å². The maximum absolute atomic E-state index is 14.2. The molecule has 0 saturated heterocycles. The van der Waals surface area contributed by atoms with Crippen LogP contribution in [0, 0.1) is 12.7 Å². The Balaban J connectivity index is 1.57. The summed E-state index contributed by atoms with van der Waals surface area (Å²) in [4.78, 5) is 5.50. The van der Waals surface area contributed by atoms with Crippen molar-refractivity contribution >= 4 is 21.6 Å². The van der Waals surface area contributed by atoms with Crippen molar-refractivity contribution in [3.8, 4) is 21.9 Å². The van der Waals surface area contributed by atoms with Crippen LogP contribution in [0.2, 0.25) is 0 Å². The zero-order valence-corrected chi connectivity index (χ0v) is 17.3. The molecule has 0 aliphatic rings. The van der Waals surface area contributed by atoms with E-state index in [-0.39, 0.29) is 11.6 Å². The van der Waals surface area contributed by atoms with Crippen molar-refractivity contribution in [2.24, 2.45) is 0 Å². The molecule has 0 atom stereocenters. The molecule has 0 saturated carbocycles. The van der Waals surface area contributed by atoms with E-state index in [1.807, 2.05) is 36.1 Å². The Morgan fingerprint density at radius 3 is 2.90 bits per heavy atom. The average Bonchev–Trinajstić information content (AvgIpc) is 3.34. The minimum atomic E-state index is -0.371. The molecule has 0 bridgehead atoms. The normalized spacial score (nSPS) is 11.3. The second-order valence-corrected chi connectivity index (χ2v) is 7.96. The van der Waals surface area contributed by atoms with Crippen LogP contribution in [0.5, 0.6) is 11.5 Å². The number of fused-ring (bicyclic) bond motifs is 1. The van der Waals surface area contributed by atoms with Crippen molar-refractivity contribution in [1.29, 1.82) is 0 Å². The summed E-state index contributed by atoms with van der Waals surface area (Å²) < 4.78 is 22.9. The monoisotopic (exact) mass is 410 g/mol. The molecule has 3 heterocycles. The third kappa shape index (κ3) is 4.46. The van der Waals surface area contributed by atoms with Crippen LogP contribution in [0.3, 0.4) is 0 Å². The summed E-state index contributed by atoms with van der Waals surface area (Å²) in [6.45, 7) is 6.73. The van der Waals surface area contributed by atoms with Crippen LogP contribution < -0.4 is 10.1 Å². The molecule has 0 aliphatic carbocycles. The number of hydrogen-bond donors (Lipinski definition) is 1. The summed E-state index contributed by atoms with van der Waals surface area (Å²) in [5.74, 6) is 0.445. The maximum Gasteiger partial charge on any atom is 0.165 e. The molecule has 3 aromatic heterocycles. The summed E-state index contributed by atoms with van der Waals surface area (Å²) in [5, 5.41) is 7.83. The first-order valence-corrected chi connectivity index (χ1v) is 10.5. The number of aryl methyl sites for hydroxylation is 1. The van der Waals surface area contributed by atoms with E-state index in [1.54, 1.807) is 29.7 Å². The number of rotatable bonds is 8. The molecule has 1 aromatic carbocycles. The molecule has 29 heavy (non-hydrogen) atoms. The number of nitrogens with one attached hydrogen (secondary N) is 1. The number of nitrogens with zero attached hydrogens (tertiary/aromatic N) is 3. The summed E-state index contributed by atoms with van der Waals surface area (Å²) in [6.07, 6.45) is 6.71. The molecule has 0 spiro atoms. The smallest absolute Gasteiger partial charge is 0.165 e. The SMILES string of the molecule is CCCNCCn1cc(-c2cc3nccc(Oc4ccc(C)cc4F)c3s2)cn1. The van der Waals surface area contributed by atoms with E-state index in [2.05, 4.69) is 22.3 Å². The van der Waals surface area contributed by atoms with E-state index in [9.17, 15) is 4.39 Å². The molecule has 1 N–H and O–H groups in total. The van der Waals surface area contributed by atoms with Gasteiger partial charge < -0.3 is 10.1 Å². The van der Waals surface area contributed by atoms with Crippen LogP contribution >= 0.6 is 11.3 Å². The molecule has 5 nitrogen and oxygen atoms in total. The number of benzene rings is 1. The highest BCUT2D eigenvalue weighted by Crippen LogP contribution is 2.39. The van der Waals surface area contributed by atoms with Crippen LogP contribution in [0.25, 0.3) is 20.7 Å². The topological polar surface area (TPSA) is 52.0 Å². The van der Waals surface area contributed by atoms with Gasteiger partial charge in [0.25, 0.3) is 0 Å². The highest BCUT2D eigenvalue weighted by Gasteiger charge is 2.13. The van der Waals surface area contributed by atoms with Gasteiger partial charge in [0, 0.05) is 35.4 Å². The third-order valence-electron chi connectivity index (χ3n) is 4.55. The molecule has 0 unspecified atom stereocenters. The highest BCUT2D eigenvalue weighted by molar-refractivity contribution is 7.22. The fourth-order valence-electron chi connectivity index (χ4n) is 3.05. The zero-order chi connectivity index (χ0) is 20.2. The number of aromatic nitrogens is 3. The molecule has 0 aliphatic heterocycles. The molecule has 0 fully saturated rings. The Morgan fingerprint density at radius 1 is 1.17 bits per heavy atom. The second kappa shape index (κ2) is 8.71. The molecular formula is C22H23FN4OS. The number of halogens is 1. The average molecular weight is 411 g/mol. The third-order valence-corrected chi connectivity index (χ3v) is 5.73. The molecule has 0 amide bonds. The lowest BCUT2D eigenvalue weighted by Crippen LogP contribution is -2.20. The van der Waals surface area contributed by atoms with Crippen molar-refractivity contribution in [2.45, 2.75) is 26.8 Å². The van der Waals surface area contributed by atoms with E-state index in [1.165, 1.54) is 6.07 Å². The van der Waals surface area contributed by atoms with Gasteiger partial charge in [-0.1, -0.05) is 13.0 Å². The van der Waals surface area contributed by atoms with Gasteiger partial charge in [-0.3, -0.25) is 9.67 Å². The van der Waals surface area contributed by atoms with Crippen LogP contribution in [0.4, 0.5) is 4.39 Å². The molecular weight excluding hydrogens is 387 g/mol. The highest BCUT2D eigenvalue weighted by atomic mass is 32.1. The van der Waals surface area contributed by atoms with Crippen molar-refractivity contribution in [1.82, 2.24) is 20.1 Å². The first kappa shape index (κ1) is 19.5. The van der Waals surface area contributed by atoms with E-state index < -0.39 is 0 Å². The number of ether oxygens (including phenoxy) is 1. The molecule has 150 valence electrons. The Bertz CT molecular complexity index is 1120. The minimum Gasteiger partial charge on any atom is -0.453 e. The van der Waals surface area contributed by atoms with Crippen molar-refractivity contribution in [2.75, 3.05) is 13.1 Å². The Morgan fingerprint density at radius 2 is 2.07 bits per heavy atom. The number of pyridine rings is 1. The lowest BCUT2D eigenvalue weighted by molar-refractivity contribution is 0.446. The van der Waals surface area contributed by atoms with E-state index in [0.717, 1.165) is 52.3 Å². The minimum absolute atomic E-state index is 0.213. The van der Waals surface area contributed by atoms with Gasteiger partial charge >= 0.3 is 0 Å². The van der Waals surface area contributed by atoms with Crippen molar-refractivity contribution in [3.63, 3.8) is 0 Å². The summed E-state index contributed by atoms with van der Waals surface area (Å²) in [5.41, 5.74) is 2.72. The van der Waals surface area contributed by atoms with Crippen LogP contribution in [-0.4, -0.2) is 27.9 Å². The summed E-state index contributed by atoms with van der Waals surface area (Å²) in [6, 6.07) is 8.75. The Labute approximate surface area is 173 Å². The standard InChI is InChI=1S/C22H23FN4OS/c1-3-7-24-9-10-27-14-16(13-26-27)21-12-18-22(29-21)20(6-8-25-18)28-19-5-4-15(2)11-17(19)23/h4-6,8,11-14,24H,3,7,9-10H2,1-2H3. The van der Waals surface area contributed by atoms with Gasteiger partial charge in [-0.2, -0.15) is 5.10 Å². The van der Waals surface area contributed by atoms with E-state index in [0.29, 0.717) is 5.75 Å². The van der Waals surface area contributed by atoms with Gasteiger partial charge in [-0.15, -0.1) is 11.3 Å². The van der Waals surface area contributed by atoms with Gasteiger partial charge in [-0.05, 0) is 43.7 Å². The van der Waals surface area contributed by atoms with Gasteiger partial charge in [0.2, 0.25) is 0 Å². The second-order valence-electron chi connectivity index (χ2n) is 6.91. The Hall–Kier alpha value is -2.77. The van der Waals surface area contributed by atoms with Crippen LogP contribution in [0.15, 0.2) is 48.9 Å². The fourth-order valence-corrected chi connectivity index (χ4v) is 4.09. The summed E-state index contributed by atoms with van der Waals surface area (Å²) in [7, 11) is 0. The van der Waals surface area contributed by atoms with E-state index >= 15 is 0 Å². The summed E-state index contributed by atoms with van der Waals surface area (Å²) >= 11 is 1.57. The number of thiophene rings is 1. The van der Waals surface area contributed by atoms with Crippen LogP contribution in [0.1, 0.15) is 18.9 Å². The maximum atomic E-state index is 14.2. The molecule has 0 radical (unpaired) electrons. The fraction of sp³-hybridized carbons (Fsp3) is 0.273. The van der Waals surface area contributed by atoms with Crippen LogP contribution in [-0.2, 0) is 6.54 Å². The van der Waals surface area contributed by atoms with Crippen molar-refractivity contribution < 1.29 is 9.13 Å². The lowest BCUT2D eigenvalue weighted by Gasteiger charge is -2.07.